The molecule has 0 spiro atoms. The van der Waals surface area contributed by atoms with Crippen LogP contribution in [0.3, 0.4) is 0 Å². The Labute approximate surface area is 190 Å². The molecule has 0 fully saturated rings. The molecule has 32 heavy (non-hydrogen) atoms. The van der Waals surface area contributed by atoms with E-state index >= 15 is 0 Å². The van der Waals surface area contributed by atoms with Gasteiger partial charge in [-0.15, -0.1) is 0 Å². The second kappa shape index (κ2) is 8.81. The number of rotatable bonds is 6. The minimum Gasteiger partial charge on any atom is -0.467 e. The Balaban J connectivity index is 1.50. The molecule has 158 valence electrons. The Kier molecular flexibility index (Phi) is 5.57. The molecule has 0 N–H and O–H groups in total. The summed E-state index contributed by atoms with van der Waals surface area (Å²) in [6.45, 7) is 2.46. The van der Waals surface area contributed by atoms with E-state index < -0.39 is 0 Å². The standard InChI is InChI=1S/C27H22N2O2S/c1-2-19-10-15-24-25(17-19)32-27(28-24)29(18-23-9-6-16-31-23)26(30)22-13-11-21(12-14-22)20-7-4-3-5-8-20/h3-17H,2,18H2,1H3. The molecular formula is C27H22N2O2S. The maximum Gasteiger partial charge on any atom is 0.260 e. The molecule has 0 aliphatic rings. The Morgan fingerprint density at radius 2 is 1.72 bits per heavy atom. The molecular weight excluding hydrogens is 416 g/mol. The first-order chi connectivity index (χ1) is 15.7. The molecule has 3 aromatic carbocycles. The maximum absolute atomic E-state index is 13.6. The van der Waals surface area contributed by atoms with Crippen molar-refractivity contribution in [2.24, 2.45) is 0 Å². The van der Waals surface area contributed by atoms with Crippen LogP contribution in [0, 0.1) is 0 Å². The molecule has 5 rings (SSSR count). The second-order valence-corrected chi connectivity index (χ2v) is 8.58. The van der Waals surface area contributed by atoms with Gasteiger partial charge in [-0.05, 0) is 59.5 Å². The van der Waals surface area contributed by atoms with Gasteiger partial charge in [-0.3, -0.25) is 9.69 Å². The number of furan rings is 1. The number of carbonyl (C=O) groups excluding carboxylic acids is 1. The van der Waals surface area contributed by atoms with E-state index in [1.165, 1.54) is 16.9 Å². The zero-order chi connectivity index (χ0) is 21.9. The van der Waals surface area contributed by atoms with Crippen LogP contribution < -0.4 is 4.90 Å². The van der Waals surface area contributed by atoms with Gasteiger partial charge in [0.2, 0.25) is 0 Å². The largest absolute Gasteiger partial charge is 0.467 e. The third-order valence-corrected chi connectivity index (χ3v) is 6.50. The SMILES string of the molecule is CCc1ccc2nc(N(Cc3ccco3)C(=O)c3ccc(-c4ccccc4)cc3)sc2c1. The van der Waals surface area contributed by atoms with Crippen molar-refractivity contribution in [2.75, 3.05) is 4.90 Å². The number of benzene rings is 3. The lowest BCUT2D eigenvalue weighted by Gasteiger charge is -2.19. The summed E-state index contributed by atoms with van der Waals surface area (Å²) in [5.41, 5.74) is 4.97. The molecule has 0 aliphatic heterocycles. The fraction of sp³-hybridized carbons (Fsp3) is 0.111. The van der Waals surface area contributed by atoms with Crippen LogP contribution in [0.2, 0.25) is 0 Å². The number of carbonyl (C=O) groups is 1. The van der Waals surface area contributed by atoms with Crippen molar-refractivity contribution in [3.63, 3.8) is 0 Å². The van der Waals surface area contributed by atoms with Crippen LogP contribution in [0.1, 0.15) is 28.6 Å². The van der Waals surface area contributed by atoms with Gasteiger partial charge in [-0.1, -0.05) is 66.8 Å². The van der Waals surface area contributed by atoms with E-state index in [2.05, 4.69) is 31.2 Å². The summed E-state index contributed by atoms with van der Waals surface area (Å²) < 4.78 is 6.62. The summed E-state index contributed by atoms with van der Waals surface area (Å²) in [6, 6.07) is 27.8. The van der Waals surface area contributed by atoms with Crippen LogP contribution in [0.4, 0.5) is 5.13 Å². The molecule has 0 saturated heterocycles. The quantitative estimate of drug-likeness (QED) is 0.288. The smallest absolute Gasteiger partial charge is 0.260 e. The van der Waals surface area contributed by atoms with Crippen LogP contribution in [-0.2, 0) is 13.0 Å². The summed E-state index contributed by atoms with van der Waals surface area (Å²) in [7, 11) is 0. The Bertz CT molecular complexity index is 1340. The summed E-state index contributed by atoms with van der Waals surface area (Å²) in [5, 5.41) is 0.668. The highest BCUT2D eigenvalue weighted by Gasteiger charge is 2.23. The third-order valence-electron chi connectivity index (χ3n) is 5.46. The van der Waals surface area contributed by atoms with Crippen molar-refractivity contribution in [3.05, 3.63) is 108 Å². The van der Waals surface area contributed by atoms with Crippen LogP contribution >= 0.6 is 11.3 Å². The van der Waals surface area contributed by atoms with Crippen LogP contribution in [0.5, 0.6) is 0 Å². The highest BCUT2D eigenvalue weighted by molar-refractivity contribution is 7.22. The number of hydrogen-bond acceptors (Lipinski definition) is 4. The first kappa shape index (κ1) is 20.2. The van der Waals surface area contributed by atoms with Gasteiger partial charge in [0.05, 0.1) is 23.0 Å². The van der Waals surface area contributed by atoms with Gasteiger partial charge in [0.15, 0.2) is 5.13 Å². The van der Waals surface area contributed by atoms with Crippen molar-refractivity contribution in [2.45, 2.75) is 19.9 Å². The van der Waals surface area contributed by atoms with E-state index in [0.29, 0.717) is 23.0 Å². The molecule has 2 heterocycles. The molecule has 0 radical (unpaired) electrons. The molecule has 0 saturated carbocycles. The molecule has 0 unspecified atom stereocenters. The topological polar surface area (TPSA) is 46.3 Å². The Morgan fingerprint density at radius 1 is 0.938 bits per heavy atom. The van der Waals surface area contributed by atoms with Crippen molar-refractivity contribution in [3.8, 4) is 11.1 Å². The zero-order valence-electron chi connectivity index (χ0n) is 17.7. The van der Waals surface area contributed by atoms with Crippen LogP contribution in [-0.4, -0.2) is 10.9 Å². The fourth-order valence-electron chi connectivity index (χ4n) is 3.67. The summed E-state index contributed by atoms with van der Waals surface area (Å²) in [6.07, 6.45) is 2.59. The molecule has 5 heteroatoms. The monoisotopic (exact) mass is 438 g/mol. The van der Waals surface area contributed by atoms with Crippen LogP contribution in [0.25, 0.3) is 21.3 Å². The summed E-state index contributed by atoms with van der Waals surface area (Å²) in [5.74, 6) is 0.614. The molecule has 0 bridgehead atoms. The lowest BCUT2D eigenvalue weighted by Crippen LogP contribution is -2.30. The zero-order valence-corrected chi connectivity index (χ0v) is 18.5. The normalized spacial score (nSPS) is 11.0. The lowest BCUT2D eigenvalue weighted by atomic mass is 10.0. The average molecular weight is 439 g/mol. The number of aryl methyl sites for hydroxylation is 1. The predicted molar refractivity (Wildman–Crippen MR) is 130 cm³/mol. The van der Waals surface area contributed by atoms with E-state index in [4.69, 9.17) is 9.40 Å². The fourth-order valence-corrected chi connectivity index (χ4v) is 4.70. The van der Waals surface area contributed by atoms with Gasteiger partial charge in [0, 0.05) is 5.56 Å². The number of nitrogens with zero attached hydrogens (tertiary/aromatic N) is 2. The number of anilines is 1. The first-order valence-electron chi connectivity index (χ1n) is 10.6. The molecule has 1 amide bonds. The molecule has 5 aromatic rings. The summed E-state index contributed by atoms with van der Waals surface area (Å²) in [4.78, 5) is 20.0. The Morgan fingerprint density at radius 3 is 2.44 bits per heavy atom. The van der Waals surface area contributed by atoms with E-state index in [-0.39, 0.29) is 5.91 Å². The lowest BCUT2D eigenvalue weighted by molar-refractivity contribution is 0.0983. The number of aromatic nitrogens is 1. The van der Waals surface area contributed by atoms with Gasteiger partial charge in [0.1, 0.15) is 5.76 Å². The molecule has 0 aliphatic carbocycles. The second-order valence-electron chi connectivity index (χ2n) is 7.57. The number of amides is 1. The highest BCUT2D eigenvalue weighted by Crippen LogP contribution is 2.32. The van der Waals surface area contributed by atoms with Crippen molar-refractivity contribution in [1.29, 1.82) is 0 Å². The first-order valence-corrected chi connectivity index (χ1v) is 11.4. The highest BCUT2D eigenvalue weighted by atomic mass is 32.1. The minimum atomic E-state index is -0.101. The average Bonchev–Trinajstić information content (AvgIpc) is 3.52. The number of fused-ring (bicyclic) bond motifs is 1. The van der Waals surface area contributed by atoms with E-state index in [0.717, 1.165) is 27.8 Å². The van der Waals surface area contributed by atoms with E-state index in [1.54, 1.807) is 11.2 Å². The van der Waals surface area contributed by atoms with Crippen molar-refractivity contribution >= 4 is 32.6 Å². The van der Waals surface area contributed by atoms with Gasteiger partial charge in [-0.2, -0.15) is 0 Å². The van der Waals surface area contributed by atoms with Gasteiger partial charge >= 0.3 is 0 Å². The molecule has 0 atom stereocenters. The van der Waals surface area contributed by atoms with Gasteiger partial charge < -0.3 is 4.42 Å². The van der Waals surface area contributed by atoms with E-state index in [9.17, 15) is 4.79 Å². The number of hydrogen-bond donors (Lipinski definition) is 0. The molecule has 4 nitrogen and oxygen atoms in total. The minimum absolute atomic E-state index is 0.101. The third kappa shape index (κ3) is 4.07. The van der Waals surface area contributed by atoms with Crippen molar-refractivity contribution in [1.82, 2.24) is 4.98 Å². The van der Waals surface area contributed by atoms with Gasteiger partial charge in [0.25, 0.3) is 5.91 Å². The number of thiazole rings is 1. The maximum atomic E-state index is 13.6. The van der Waals surface area contributed by atoms with E-state index in [1.807, 2.05) is 60.7 Å². The molecule has 2 aromatic heterocycles. The summed E-state index contributed by atoms with van der Waals surface area (Å²) >= 11 is 1.53. The van der Waals surface area contributed by atoms with Crippen molar-refractivity contribution < 1.29 is 9.21 Å². The predicted octanol–water partition coefficient (Wildman–Crippen LogP) is 6.97. The Hall–Kier alpha value is -3.70. The van der Waals surface area contributed by atoms with Gasteiger partial charge in [-0.25, -0.2) is 4.98 Å². The van der Waals surface area contributed by atoms with Crippen LogP contribution in [0.15, 0.2) is 95.6 Å².